The quantitative estimate of drug-likeness (QED) is 0.538. The maximum atomic E-state index is 5.67. The van der Waals surface area contributed by atoms with Gasteiger partial charge < -0.3 is 9.47 Å². The minimum Gasteiger partial charge on any atom is -0.492 e. The van der Waals surface area contributed by atoms with E-state index in [-0.39, 0.29) is 0 Å². The van der Waals surface area contributed by atoms with Gasteiger partial charge in [0.25, 0.3) is 0 Å². The van der Waals surface area contributed by atoms with Gasteiger partial charge in [0.05, 0.1) is 29.4 Å². The lowest BCUT2D eigenvalue weighted by Crippen LogP contribution is -1.96. The van der Waals surface area contributed by atoms with Gasteiger partial charge in [-0.1, -0.05) is 23.8 Å². The van der Waals surface area contributed by atoms with Gasteiger partial charge in [0.1, 0.15) is 0 Å². The molecule has 0 N–H and O–H groups in total. The van der Waals surface area contributed by atoms with Gasteiger partial charge in [-0.25, -0.2) is 4.98 Å². The molecule has 0 spiro atoms. The van der Waals surface area contributed by atoms with Gasteiger partial charge in [-0.15, -0.1) is 0 Å². The van der Waals surface area contributed by atoms with Crippen LogP contribution in [0.4, 0.5) is 0 Å². The Hall–Kier alpha value is -2.33. The first-order valence-corrected chi connectivity index (χ1v) is 8.96. The van der Waals surface area contributed by atoms with Crippen LogP contribution in [0.1, 0.15) is 23.7 Å². The number of hydrogen-bond donors (Lipinski definition) is 0. The molecule has 2 aromatic carbocycles. The molecule has 0 amide bonds. The molecule has 4 heteroatoms. The number of benzene rings is 2. The van der Waals surface area contributed by atoms with Crippen molar-refractivity contribution in [1.82, 2.24) is 4.98 Å². The highest BCUT2D eigenvalue weighted by Gasteiger charge is 2.10. The second-order valence-electron chi connectivity index (χ2n) is 5.73. The molecule has 3 aromatic rings. The summed E-state index contributed by atoms with van der Waals surface area (Å²) in [6.07, 6.45) is 4.03. The lowest BCUT2D eigenvalue weighted by atomic mass is 10.1. The summed E-state index contributed by atoms with van der Waals surface area (Å²) in [6, 6.07) is 14.4. The lowest BCUT2D eigenvalue weighted by molar-refractivity contribution is 0.310. The number of hydrogen-bond acceptors (Lipinski definition) is 3. The third kappa shape index (κ3) is 4.02. The average molecular weight is 398 g/mol. The lowest BCUT2D eigenvalue weighted by Gasteiger charge is -2.12. The van der Waals surface area contributed by atoms with Crippen molar-refractivity contribution in [3.05, 3.63) is 63.8 Å². The highest BCUT2D eigenvalue weighted by Crippen LogP contribution is 2.37. The van der Waals surface area contributed by atoms with Crippen molar-refractivity contribution in [1.29, 1.82) is 0 Å². The van der Waals surface area contributed by atoms with Crippen LogP contribution >= 0.6 is 15.9 Å². The van der Waals surface area contributed by atoms with E-state index >= 15 is 0 Å². The topological polar surface area (TPSA) is 31.4 Å². The normalized spacial score (nSPS) is 11.2. The summed E-state index contributed by atoms with van der Waals surface area (Å²) in [5.41, 5.74) is 4.17. The Bertz CT molecular complexity index is 935. The van der Waals surface area contributed by atoms with E-state index in [0.717, 1.165) is 32.4 Å². The van der Waals surface area contributed by atoms with Crippen molar-refractivity contribution >= 4 is 39.0 Å². The Morgan fingerprint density at radius 3 is 2.68 bits per heavy atom. The monoisotopic (exact) mass is 397 g/mol. The molecule has 0 radical (unpaired) electrons. The van der Waals surface area contributed by atoms with Crippen molar-refractivity contribution in [2.75, 3.05) is 13.7 Å². The SMILES string of the molecule is CCOc1cc(/C=C/c2ccc3cc(C)ccc3n2)cc(Br)c1OC. The molecule has 0 saturated carbocycles. The summed E-state index contributed by atoms with van der Waals surface area (Å²) in [7, 11) is 1.64. The van der Waals surface area contributed by atoms with Crippen LogP contribution in [0.15, 0.2) is 46.9 Å². The highest BCUT2D eigenvalue weighted by molar-refractivity contribution is 9.10. The van der Waals surface area contributed by atoms with Crippen molar-refractivity contribution in [3.8, 4) is 11.5 Å². The summed E-state index contributed by atoms with van der Waals surface area (Å²) in [6.45, 7) is 4.63. The number of aromatic nitrogens is 1. The zero-order valence-electron chi connectivity index (χ0n) is 14.5. The van der Waals surface area contributed by atoms with E-state index in [1.165, 1.54) is 5.56 Å². The fourth-order valence-electron chi connectivity index (χ4n) is 2.68. The minimum atomic E-state index is 0.585. The zero-order valence-corrected chi connectivity index (χ0v) is 16.1. The molecule has 1 aromatic heterocycles. The molecule has 128 valence electrons. The zero-order chi connectivity index (χ0) is 17.8. The Morgan fingerprint density at radius 1 is 1.08 bits per heavy atom. The standard InChI is InChI=1S/C21H20BrNO2/c1-4-25-20-13-15(12-18(22)21(20)24-3)6-8-17-9-7-16-11-14(2)5-10-19(16)23-17/h5-13H,4H2,1-3H3/b8-6+. The van der Waals surface area contributed by atoms with Crippen molar-refractivity contribution in [3.63, 3.8) is 0 Å². The molecule has 25 heavy (non-hydrogen) atoms. The molecule has 0 aliphatic rings. The number of nitrogens with zero attached hydrogens (tertiary/aromatic N) is 1. The first kappa shape index (κ1) is 17.5. The van der Waals surface area contributed by atoms with Crippen LogP contribution in [-0.2, 0) is 0 Å². The molecular formula is C21H20BrNO2. The van der Waals surface area contributed by atoms with Crippen molar-refractivity contribution in [2.24, 2.45) is 0 Å². The summed E-state index contributed by atoms with van der Waals surface area (Å²) in [5.74, 6) is 1.43. The molecule has 0 unspecified atom stereocenters. The van der Waals surface area contributed by atoms with Gasteiger partial charge in [0, 0.05) is 5.39 Å². The maximum Gasteiger partial charge on any atom is 0.174 e. The first-order chi connectivity index (χ1) is 12.1. The van der Waals surface area contributed by atoms with Crippen LogP contribution in [0.5, 0.6) is 11.5 Å². The molecule has 0 bridgehead atoms. The van der Waals surface area contributed by atoms with E-state index in [4.69, 9.17) is 14.5 Å². The molecule has 3 rings (SSSR count). The van der Waals surface area contributed by atoms with E-state index in [0.29, 0.717) is 12.4 Å². The second kappa shape index (κ2) is 7.70. The van der Waals surface area contributed by atoms with Crippen LogP contribution in [0.2, 0.25) is 0 Å². The Morgan fingerprint density at radius 2 is 1.92 bits per heavy atom. The van der Waals surface area contributed by atoms with Crippen LogP contribution < -0.4 is 9.47 Å². The molecule has 0 fully saturated rings. The second-order valence-corrected chi connectivity index (χ2v) is 6.59. The third-order valence-corrected chi connectivity index (χ3v) is 4.44. The molecule has 0 atom stereocenters. The highest BCUT2D eigenvalue weighted by atomic mass is 79.9. The van der Waals surface area contributed by atoms with Crippen LogP contribution in [0.3, 0.4) is 0 Å². The maximum absolute atomic E-state index is 5.67. The molecule has 1 heterocycles. The smallest absolute Gasteiger partial charge is 0.174 e. The van der Waals surface area contributed by atoms with Gasteiger partial charge in [0.15, 0.2) is 11.5 Å². The predicted octanol–water partition coefficient (Wildman–Crippen LogP) is 5.88. The van der Waals surface area contributed by atoms with Gasteiger partial charge >= 0.3 is 0 Å². The molecular weight excluding hydrogens is 378 g/mol. The van der Waals surface area contributed by atoms with E-state index in [1.807, 2.05) is 37.3 Å². The van der Waals surface area contributed by atoms with Crippen molar-refractivity contribution in [2.45, 2.75) is 13.8 Å². The first-order valence-electron chi connectivity index (χ1n) is 8.16. The Kier molecular flexibility index (Phi) is 5.39. The number of pyridine rings is 1. The number of ether oxygens (including phenoxy) is 2. The minimum absolute atomic E-state index is 0.585. The Labute approximate surface area is 156 Å². The molecule has 0 aliphatic carbocycles. The number of rotatable bonds is 5. The van der Waals surface area contributed by atoms with E-state index in [2.05, 4.69) is 47.1 Å². The summed E-state index contributed by atoms with van der Waals surface area (Å²) in [5, 5.41) is 1.16. The van der Waals surface area contributed by atoms with Crippen LogP contribution in [0.25, 0.3) is 23.1 Å². The molecule has 3 nitrogen and oxygen atoms in total. The van der Waals surface area contributed by atoms with E-state index < -0.39 is 0 Å². The van der Waals surface area contributed by atoms with E-state index in [9.17, 15) is 0 Å². The van der Waals surface area contributed by atoms with Gasteiger partial charge in [-0.3, -0.25) is 0 Å². The Balaban J connectivity index is 1.92. The van der Waals surface area contributed by atoms with Crippen LogP contribution in [-0.4, -0.2) is 18.7 Å². The van der Waals surface area contributed by atoms with Gasteiger partial charge in [-0.2, -0.15) is 0 Å². The van der Waals surface area contributed by atoms with Gasteiger partial charge in [-0.05, 0) is 71.7 Å². The summed E-state index contributed by atoms with van der Waals surface area (Å²) in [4.78, 5) is 4.69. The fourth-order valence-corrected chi connectivity index (χ4v) is 3.30. The average Bonchev–Trinajstić information content (AvgIpc) is 2.60. The number of halogens is 1. The number of fused-ring (bicyclic) bond motifs is 1. The number of aryl methyl sites for hydroxylation is 1. The third-order valence-electron chi connectivity index (χ3n) is 3.85. The summed E-state index contributed by atoms with van der Waals surface area (Å²) >= 11 is 3.54. The largest absolute Gasteiger partial charge is 0.492 e. The predicted molar refractivity (Wildman–Crippen MR) is 107 cm³/mol. The molecule has 0 saturated heterocycles. The fraction of sp³-hybridized carbons (Fsp3) is 0.190. The number of methoxy groups -OCH3 is 1. The van der Waals surface area contributed by atoms with Crippen LogP contribution in [0, 0.1) is 6.92 Å². The van der Waals surface area contributed by atoms with Crippen molar-refractivity contribution < 1.29 is 9.47 Å². The summed E-state index contributed by atoms with van der Waals surface area (Å²) < 4.78 is 11.9. The van der Waals surface area contributed by atoms with E-state index in [1.54, 1.807) is 7.11 Å². The molecule has 0 aliphatic heterocycles. The van der Waals surface area contributed by atoms with Gasteiger partial charge in [0.2, 0.25) is 0 Å².